The number of anilines is 1. The van der Waals surface area contributed by atoms with Gasteiger partial charge in [-0.05, 0) is 62.1 Å². The lowest BCUT2D eigenvalue weighted by Gasteiger charge is -2.18. The van der Waals surface area contributed by atoms with Gasteiger partial charge in [-0.15, -0.1) is 0 Å². The highest BCUT2D eigenvalue weighted by Crippen LogP contribution is 2.24. The number of aryl methyl sites for hydroxylation is 3. The molecule has 5 nitrogen and oxygen atoms in total. The summed E-state index contributed by atoms with van der Waals surface area (Å²) < 4.78 is 28.7. The molecule has 0 aliphatic rings. The molecular formula is C25H28N2O3S. The first-order chi connectivity index (χ1) is 14.7. The number of para-hydroxylation sites is 1. The summed E-state index contributed by atoms with van der Waals surface area (Å²) in [6, 6.07) is 19.8. The highest BCUT2D eigenvalue weighted by molar-refractivity contribution is 7.92. The van der Waals surface area contributed by atoms with E-state index in [4.69, 9.17) is 0 Å². The van der Waals surface area contributed by atoms with Crippen LogP contribution >= 0.6 is 0 Å². The van der Waals surface area contributed by atoms with Crippen molar-refractivity contribution in [2.75, 3.05) is 4.72 Å². The molecule has 0 unspecified atom stereocenters. The fourth-order valence-electron chi connectivity index (χ4n) is 3.38. The molecule has 1 atom stereocenters. The molecule has 0 saturated carbocycles. The molecule has 162 valence electrons. The summed E-state index contributed by atoms with van der Waals surface area (Å²) in [6.07, 6.45) is 0.723. The number of carbonyl (C=O) groups is 1. The Kier molecular flexibility index (Phi) is 6.81. The van der Waals surface area contributed by atoms with E-state index in [-0.39, 0.29) is 16.8 Å². The third kappa shape index (κ3) is 5.33. The van der Waals surface area contributed by atoms with E-state index in [0.717, 1.165) is 23.1 Å². The Morgan fingerprint density at radius 2 is 1.58 bits per heavy atom. The van der Waals surface area contributed by atoms with Crippen LogP contribution in [0.3, 0.4) is 0 Å². The zero-order valence-corrected chi connectivity index (χ0v) is 19.1. The van der Waals surface area contributed by atoms with Crippen molar-refractivity contribution in [2.24, 2.45) is 0 Å². The predicted molar refractivity (Wildman–Crippen MR) is 125 cm³/mol. The SMILES string of the molecule is CC[C@H](NC(=O)c1ccc(C)c(S(=O)(=O)Nc2ccccc2C)c1)c1ccc(C)cc1. The zero-order chi connectivity index (χ0) is 22.6. The van der Waals surface area contributed by atoms with Crippen molar-refractivity contribution in [2.45, 2.75) is 45.1 Å². The summed E-state index contributed by atoms with van der Waals surface area (Å²) in [5, 5.41) is 3.02. The van der Waals surface area contributed by atoms with Crippen molar-refractivity contribution in [1.29, 1.82) is 0 Å². The number of hydrogen-bond donors (Lipinski definition) is 2. The van der Waals surface area contributed by atoms with E-state index in [1.165, 1.54) is 6.07 Å². The van der Waals surface area contributed by atoms with Crippen molar-refractivity contribution >= 4 is 21.6 Å². The number of nitrogens with one attached hydrogen (secondary N) is 2. The number of rotatable bonds is 7. The molecule has 3 aromatic carbocycles. The molecule has 0 spiro atoms. The van der Waals surface area contributed by atoms with Crippen molar-refractivity contribution in [3.8, 4) is 0 Å². The summed E-state index contributed by atoms with van der Waals surface area (Å²) in [6.45, 7) is 7.57. The quantitative estimate of drug-likeness (QED) is 0.528. The van der Waals surface area contributed by atoms with Gasteiger partial charge in [0.2, 0.25) is 0 Å². The van der Waals surface area contributed by atoms with Crippen LogP contribution in [0.25, 0.3) is 0 Å². The van der Waals surface area contributed by atoms with Crippen LogP contribution in [0.15, 0.2) is 71.6 Å². The van der Waals surface area contributed by atoms with Gasteiger partial charge < -0.3 is 5.32 Å². The summed E-state index contributed by atoms with van der Waals surface area (Å²) in [7, 11) is -3.84. The van der Waals surface area contributed by atoms with Gasteiger partial charge in [0.25, 0.3) is 15.9 Å². The normalized spacial score (nSPS) is 12.3. The third-order valence-electron chi connectivity index (χ3n) is 5.32. The molecule has 31 heavy (non-hydrogen) atoms. The van der Waals surface area contributed by atoms with E-state index in [2.05, 4.69) is 10.0 Å². The second-order valence-electron chi connectivity index (χ2n) is 7.75. The maximum atomic E-state index is 13.0. The molecule has 2 N–H and O–H groups in total. The van der Waals surface area contributed by atoms with Crippen LogP contribution in [0, 0.1) is 20.8 Å². The Labute approximate surface area is 184 Å². The predicted octanol–water partition coefficient (Wildman–Crippen LogP) is 5.29. The molecule has 0 radical (unpaired) electrons. The second kappa shape index (κ2) is 9.35. The number of amides is 1. The van der Waals surface area contributed by atoms with Gasteiger partial charge in [0.15, 0.2) is 0 Å². The number of benzene rings is 3. The highest BCUT2D eigenvalue weighted by atomic mass is 32.2. The highest BCUT2D eigenvalue weighted by Gasteiger charge is 2.21. The Morgan fingerprint density at radius 1 is 0.903 bits per heavy atom. The van der Waals surface area contributed by atoms with Gasteiger partial charge >= 0.3 is 0 Å². The standard InChI is InChI=1S/C25H28N2O3S/c1-5-22(20-13-10-17(2)11-14-20)26-25(28)21-15-12-19(4)24(16-21)31(29,30)27-23-9-7-6-8-18(23)3/h6-16,22,27H,5H2,1-4H3,(H,26,28)/t22-/m0/s1. The maximum Gasteiger partial charge on any atom is 0.262 e. The maximum absolute atomic E-state index is 13.0. The molecule has 0 heterocycles. The van der Waals surface area contributed by atoms with E-state index in [0.29, 0.717) is 16.8 Å². The van der Waals surface area contributed by atoms with E-state index >= 15 is 0 Å². The van der Waals surface area contributed by atoms with Gasteiger partial charge in [-0.3, -0.25) is 9.52 Å². The number of carbonyl (C=O) groups excluding carboxylic acids is 1. The third-order valence-corrected chi connectivity index (χ3v) is 6.83. The van der Waals surface area contributed by atoms with Crippen molar-refractivity contribution in [3.63, 3.8) is 0 Å². The molecule has 0 aromatic heterocycles. The Morgan fingerprint density at radius 3 is 2.23 bits per heavy atom. The van der Waals surface area contributed by atoms with Gasteiger partial charge in [0.1, 0.15) is 0 Å². The van der Waals surface area contributed by atoms with Gasteiger partial charge in [-0.25, -0.2) is 8.42 Å². The molecule has 0 aliphatic heterocycles. The number of sulfonamides is 1. The van der Waals surface area contributed by atoms with Crippen LogP contribution in [0.4, 0.5) is 5.69 Å². The Hall–Kier alpha value is -3.12. The van der Waals surface area contributed by atoms with Crippen LogP contribution in [0.5, 0.6) is 0 Å². The van der Waals surface area contributed by atoms with Crippen LogP contribution in [-0.2, 0) is 10.0 Å². The van der Waals surface area contributed by atoms with E-state index < -0.39 is 10.0 Å². The molecule has 0 bridgehead atoms. The van der Waals surface area contributed by atoms with Crippen LogP contribution in [0.2, 0.25) is 0 Å². The Bertz CT molecular complexity index is 1190. The molecule has 3 rings (SSSR count). The Balaban J connectivity index is 1.86. The second-order valence-corrected chi connectivity index (χ2v) is 9.40. The summed E-state index contributed by atoms with van der Waals surface area (Å²) in [4.78, 5) is 13.0. The average Bonchev–Trinajstić information content (AvgIpc) is 2.74. The molecule has 0 aliphatic carbocycles. The zero-order valence-electron chi connectivity index (χ0n) is 18.3. The monoisotopic (exact) mass is 436 g/mol. The van der Waals surface area contributed by atoms with Gasteiger partial charge in [0.05, 0.1) is 16.6 Å². The van der Waals surface area contributed by atoms with E-state index in [1.54, 1.807) is 31.2 Å². The minimum atomic E-state index is -3.84. The van der Waals surface area contributed by atoms with Crippen LogP contribution in [0.1, 0.15) is 52.0 Å². The minimum absolute atomic E-state index is 0.0896. The summed E-state index contributed by atoms with van der Waals surface area (Å²) in [5.41, 5.74) is 4.38. The van der Waals surface area contributed by atoms with E-state index in [1.807, 2.05) is 57.2 Å². The van der Waals surface area contributed by atoms with Crippen LogP contribution < -0.4 is 10.0 Å². The fraction of sp³-hybridized carbons (Fsp3) is 0.240. The molecule has 0 saturated heterocycles. The molecule has 1 amide bonds. The van der Waals surface area contributed by atoms with E-state index in [9.17, 15) is 13.2 Å². The molecule has 0 fully saturated rings. The largest absolute Gasteiger partial charge is 0.345 e. The van der Waals surface area contributed by atoms with Crippen LogP contribution in [-0.4, -0.2) is 14.3 Å². The van der Waals surface area contributed by atoms with Crippen molar-refractivity contribution in [1.82, 2.24) is 5.32 Å². The van der Waals surface area contributed by atoms with Crippen molar-refractivity contribution < 1.29 is 13.2 Å². The topological polar surface area (TPSA) is 75.3 Å². The lowest BCUT2D eigenvalue weighted by Crippen LogP contribution is -2.28. The van der Waals surface area contributed by atoms with Gasteiger partial charge in [-0.1, -0.05) is 61.0 Å². The smallest absolute Gasteiger partial charge is 0.262 e. The number of hydrogen-bond acceptors (Lipinski definition) is 3. The first-order valence-corrected chi connectivity index (χ1v) is 11.8. The molecule has 3 aromatic rings. The van der Waals surface area contributed by atoms with Gasteiger partial charge in [0, 0.05) is 5.56 Å². The minimum Gasteiger partial charge on any atom is -0.345 e. The fourth-order valence-corrected chi connectivity index (χ4v) is 4.78. The molecular weight excluding hydrogens is 408 g/mol. The lowest BCUT2D eigenvalue weighted by atomic mass is 10.0. The van der Waals surface area contributed by atoms with Gasteiger partial charge in [-0.2, -0.15) is 0 Å². The first-order valence-electron chi connectivity index (χ1n) is 10.3. The first kappa shape index (κ1) is 22.6. The summed E-state index contributed by atoms with van der Waals surface area (Å²) >= 11 is 0. The lowest BCUT2D eigenvalue weighted by molar-refractivity contribution is 0.0935. The average molecular weight is 437 g/mol. The molecule has 6 heteroatoms. The van der Waals surface area contributed by atoms with Crippen molar-refractivity contribution in [3.05, 3.63) is 94.5 Å². The summed E-state index contributed by atoms with van der Waals surface area (Å²) in [5.74, 6) is -0.306.